The molecule has 1 heterocycles. The number of hydrogen-bond donors (Lipinski definition) is 2. The Hall–Kier alpha value is -1.78. The van der Waals surface area contributed by atoms with E-state index in [0.29, 0.717) is 5.69 Å². The summed E-state index contributed by atoms with van der Waals surface area (Å²) in [5, 5.41) is 17.8. The number of carboxylic acids is 1. The number of aromatic hydroxyl groups is 1. The van der Waals surface area contributed by atoms with E-state index in [1.807, 2.05) is 0 Å². The fourth-order valence-electron chi connectivity index (χ4n) is 1.01. The summed E-state index contributed by atoms with van der Waals surface area (Å²) in [6.45, 7) is 1.60. The van der Waals surface area contributed by atoms with Crippen LogP contribution in [0.3, 0.4) is 0 Å². The molecule has 5 nitrogen and oxygen atoms in total. The van der Waals surface area contributed by atoms with Gasteiger partial charge in [-0.1, -0.05) is 0 Å². The lowest BCUT2D eigenvalue weighted by molar-refractivity contribution is 0.0691. The molecular formula is C8H9NO4. The topological polar surface area (TPSA) is 79.5 Å². The molecule has 0 aliphatic heterocycles. The molecule has 0 atom stereocenters. The summed E-state index contributed by atoms with van der Waals surface area (Å²) < 4.78 is 1.17. The van der Waals surface area contributed by atoms with Crippen LogP contribution in [-0.4, -0.2) is 20.7 Å². The first kappa shape index (κ1) is 9.31. The Morgan fingerprint density at radius 2 is 2.08 bits per heavy atom. The summed E-state index contributed by atoms with van der Waals surface area (Å²) in [7, 11) is 1.45. The van der Waals surface area contributed by atoms with Crippen LogP contribution < -0.4 is 5.56 Å². The molecule has 2 N–H and O–H groups in total. The average molecular weight is 183 g/mol. The zero-order valence-corrected chi connectivity index (χ0v) is 7.24. The van der Waals surface area contributed by atoms with Crippen LogP contribution >= 0.6 is 0 Å². The molecule has 1 aromatic heterocycles. The number of aromatic carboxylic acids is 1. The van der Waals surface area contributed by atoms with Crippen molar-refractivity contribution in [2.75, 3.05) is 0 Å². The van der Waals surface area contributed by atoms with Gasteiger partial charge in [0.25, 0.3) is 5.56 Å². The molecule has 0 fully saturated rings. The number of hydrogen-bond acceptors (Lipinski definition) is 3. The summed E-state index contributed by atoms with van der Waals surface area (Å²) in [6.07, 6.45) is 0. The second-order valence-corrected chi connectivity index (χ2v) is 2.72. The largest absolute Gasteiger partial charge is 0.507 e. The van der Waals surface area contributed by atoms with Crippen molar-refractivity contribution < 1.29 is 15.0 Å². The first-order valence-corrected chi connectivity index (χ1v) is 3.58. The number of pyridine rings is 1. The molecule has 0 unspecified atom stereocenters. The average Bonchev–Trinajstić information content (AvgIpc) is 1.99. The lowest BCUT2D eigenvalue weighted by Crippen LogP contribution is -2.25. The predicted molar refractivity (Wildman–Crippen MR) is 45.0 cm³/mol. The summed E-state index contributed by atoms with van der Waals surface area (Å²) in [5.74, 6) is -1.91. The third-order valence-electron chi connectivity index (χ3n) is 1.86. The van der Waals surface area contributed by atoms with Crippen LogP contribution in [-0.2, 0) is 7.05 Å². The lowest BCUT2D eigenvalue weighted by Gasteiger charge is -2.05. The number of rotatable bonds is 1. The van der Waals surface area contributed by atoms with Crippen molar-refractivity contribution in [2.45, 2.75) is 6.92 Å². The summed E-state index contributed by atoms with van der Waals surface area (Å²) >= 11 is 0. The molecule has 5 heteroatoms. The van der Waals surface area contributed by atoms with Crippen LogP contribution in [0.2, 0.25) is 0 Å². The fourth-order valence-corrected chi connectivity index (χ4v) is 1.01. The zero-order chi connectivity index (χ0) is 10.2. The van der Waals surface area contributed by atoms with E-state index < -0.39 is 22.8 Å². The van der Waals surface area contributed by atoms with Crippen molar-refractivity contribution >= 4 is 5.97 Å². The molecule has 0 radical (unpaired) electrons. The third kappa shape index (κ3) is 1.40. The molecule has 0 aliphatic carbocycles. The molecule has 0 amide bonds. The van der Waals surface area contributed by atoms with Crippen molar-refractivity contribution in [2.24, 2.45) is 7.05 Å². The number of carbonyl (C=O) groups is 1. The van der Waals surface area contributed by atoms with E-state index in [1.165, 1.54) is 17.7 Å². The SMILES string of the molecule is Cc1cc(O)c(C(=O)O)c(=O)n1C. The van der Waals surface area contributed by atoms with Gasteiger partial charge in [0.1, 0.15) is 5.75 Å². The van der Waals surface area contributed by atoms with Gasteiger partial charge >= 0.3 is 5.97 Å². The van der Waals surface area contributed by atoms with Crippen LogP contribution in [0.4, 0.5) is 0 Å². The van der Waals surface area contributed by atoms with Crippen molar-refractivity contribution in [1.82, 2.24) is 4.57 Å². The summed E-state index contributed by atoms with van der Waals surface area (Å²) in [6, 6.07) is 1.24. The second kappa shape index (κ2) is 2.93. The highest BCUT2D eigenvalue weighted by molar-refractivity contribution is 5.90. The van der Waals surface area contributed by atoms with Gasteiger partial charge in [0.15, 0.2) is 5.56 Å². The Balaban J connectivity index is 3.63. The molecule has 0 bridgehead atoms. The molecule has 13 heavy (non-hydrogen) atoms. The molecule has 1 aromatic rings. The van der Waals surface area contributed by atoms with Gasteiger partial charge in [0, 0.05) is 18.8 Å². The number of aryl methyl sites for hydroxylation is 1. The highest BCUT2D eigenvalue weighted by Gasteiger charge is 2.16. The van der Waals surface area contributed by atoms with Gasteiger partial charge in [-0.2, -0.15) is 0 Å². The minimum atomic E-state index is -1.42. The predicted octanol–water partition coefficient (Wildman–Crippen LogP) is 0.0975. The van der Waals surface area contributed by atoms with Gasteiger partial charge in [0.2, 0.25) is 0 Å². The van der Waals surface area contributed by atoms with Gasteiger partial charge in [-0.25, -0.2) is 4.79 Å². The maximum absolute atomic E-state index is 11.3. The highest BCUT2D eigenvalue weighted by atomic mass is 16.4. The van der Waals surface area contributed by atoms with Crippen LogP contribution in [0.15, 0.2) is 10.9 Å². The van der Waals surface area contributed by atoms with Crippen molar-refractivity contribution in [3.63, 3.8) is 0 Å². The maximum atomic E-state index is 11.3. The molecule has 70 valence electrons. The Labute approximate surface area is 73.9 Å². The maximum Gasteiger partial charge on any atom is 0.345 e. The Morgan fingerprint density at radius 1 is 1.54 bits per heavy atom. The summed E-state index contributed by atoms with van der Waals surface area (Å²) in [5.41, 5.74) is -0.786. The molecule has 0 saturated heterocycles. The van der Waals surface area contributed by atoms with E-state index in [-0.39, 0.29) is 0 Å². The van der Waals surface area contributed by atoms with E-state index in [2.05, 4.69) is 0 Å². The quantitative estimate of drug-likeness (QED) is 0.647. The monoisotopic (exact) mass is 183 g/mol. The number of aromatic nitrogens is 1. The van der Waals surface area contributed by atoms with Gasteiger partial charge in [-0.05, 0) is 6.92 Å². The van der Waals surface area contributed by atoms with Gasteiger partial charge in [-0.3, -0.25) is 4.79 Å². The van der Waals surface area contributed by atoms with Gasteiger partial charge < -0.3 is 14.8 Å². The van der Waals surface area contributed by atoms with E-state index in [0.717, 1.165) is 0 Å². The molecule has 0 saturated carbocycles. The standard InChI is InChI=1S/C8H9NO4/c1-4-3-5(10)6(8(12)13)7(11)9(4)2/h3,10H,1-2H3,(H,12,13). The van der Waals surface area contributed by atoms with Crippen LogP contribution in [0, 0.1) is 6.92 Å². The summed E-state index contributed by atoms with van der Waals surface area (Å²) in [4.78, 5) is 21.8. The van der Waals surface area contributed by atoms with Gasteiger partial charge in [0.05, 0.1) is 0 Å². The lowest BCUT2D eigenvalue weighted by atomic mass is 10.2. The molecule has 1 rings (SSSR count). The van der Waals surface area contributed by atoms with E-state index >= 15 is 0 Å². The van der Waals surface area contributed by atoms with E-state index in [1.54, 1.807) is 6.92 Å². The van der Waals surface area contributed by atoms with E-state index in [9.17, 15) is 14.7 Å². The second-order valence-electron chi connectivity index (χ2n) is 2.72. The Kier molecular flexibility index (Phi) is 2.10. The van der Waals surface area contributed by atoms with E-state index in [4.69, 9.17) is 5.11 Å². The molecular weight excluding hydrogens is 174 g/mol. The normalized spacial score (nSPS) is 10.0. The van der Waals surface area contributed by atoms with Crippen LogP contribution in [0.1, 0.15) is 16.1 Å². The first-order valence-electron chi connectivity index (χ1n) is 3.58. The molecule has 0 spiro atoms. The molecule has 0 aromatic carbocycles. The highest BCUT2D eigenvalue weighted by Crippen LogP contribution is 2.13. The molecule has 0 aliphatic rings. The van der Waals surface area contributed by atoms with Crippen LogP contribution in [0.5, 0.6) is 5.75 Å². The number of carboxylic acid groups (broad SMARTS) is 1. The van der Waals surface area contributed by atoms with Crippen molar-refractivity contribution in [1.29, 1.82) is 0 Å². The third-order valence-corrected chi connectivity index (χ3v) is 1.86. The Bertz CT molecular complexity index is 419. The minimum absolute atomic E-state index is 0.492. The Morgan fingerprint density at radius 3 is 2.54 bits per heavy atom. The van der Waals surface area contributed by atoms with Crippen molar-refractivity contribution in [3.05, 3.63) is 27.7 Å². The smallest absolute Gasteiger partial charge is 0.345 e. The van der Waals surface area contributed by atoms with Gasteiger partial charge in [-0.15, -0.1) is 0 Å². The first-order chi connectivity index (χ1) is 5.95. The fraction of sp³-hybridized carbons (Fsp3) is 0.250. The van der Waals surface area contributed by atoms with Crippen molar-refractivity contribution in [3.8, 4) is 5.75 Å². The minimum Gasteiger partial charge on any atom is -0.507 e. The van der Waals surface area contributed by atoms with Crippen LogP contribution in [0.25, 0.3) is 0 Å². The number of nitrogens with zero attached hydrogens (tertiary/aromatic N) is 1. The zero-order valence-electron chi connectivity index (χ0n) is 7.24.